The van der Waals surface area contributed by atoms with Crippen LogP contribution in [-0.2, 0) is 4.74 Å². The average molecular weight is 461 g/mol. The molecule has 2 unspecified atom stereocenters. The first-order valence-corrected chi connectivity index (χ1v) is 13.4. The molecule has 4 nitrogen and oxygen atoms in total. The molecule has 0 aromatic heterocycles. The van der Waals surface area contributed by atoms with Crippen LogP contribution in [0.15, 0.2) is 35.5 Å². The Labute approximate surface area is 201 Å². The molecule has 3 rings (SSSR count). The Hall–Kier alpha value is -0.940. The monoisotopic (exact) mass is 460 g/mol. The fourth-order valence-corrected chi connectivity index (χ4v) is 7.11. The maximum absolute atomic E-state index is 10.6. The molecule has 188 valence electrons. The number of hydrogen-bond acceptors (Lipinski definition) is 4. The van der Waals surface area contributed by atoms with Gasteiger partial charge in [0.05, 0.1) is 19.3 Å². The second kappa shape index (κ2) is 11.7. The lowest BCUT2D eigenvalue weighted by Gasteiger charge is -2.44. The Bertz CT molecular complexity index is 723. The van der Waals surface area contributed by atoms with Crippen LogP contribution in [0.5, 0.6) is 0 Å². The molecule has 3 saturated carbocycles. The van der Waals surface area contributed by atoms with E-state index >= 15 is 0 Å². The van der Waals surface area contributed by atoms with Crippen LogP contribution in [0.1, 0.15) is 85.5 Å². The Morgan fingerprint density at radius 1 is 1.15 bits per heavy atom. The number of rotatable bonds is 9. The third-order valence-electron chi connectivity index (χ3n) is 8.95. The molecule has 0 spiro atoms. The fraction of sp³-hybridized carbons (Fsp3) is 0.793. The predicted molar refractivity (Wildman–Crippen MR) is 135 cm³/mol. The quantitative estimate of drug-likeness (QED) is 0.420. The fourth-order valence-electron chi connectivity index (χ4n) is 7.11. The highest BCUT2D eigenvalue weighted by Gasteiger charge is 2.50. The van der Waals surface area contributed by atoms with Gasteiger partial charge < -0.3 is 20.1 Å². The zero-order valence-electron chi connectivity index (χ0n) is 21.4. The first-order chi connectivity index (χ1) is 15.7. The van der Waals surface area contributed by atoms with Gasteiger partial charge in [-0.2, -0.15) is 0 Å². The van der Waals surface area contributed by atoms with Crippen molar-refractivity contribution in [2.75, 3.05) is 13.2 Å². The summed E-state index contributed by atoms with van der Waals surface area (Å²) >= 11 is 0. The van der Waals surface area contributed by atoms with Gasteiger partial charge in [-0.1, -0.05) is 71.3 Å². The molecule has 3 aliphatic carbocycles. The van der Waals surface area contributed by atoms with Gasteiger partial charge in [-0.05, 0) is 72.3 Å². The van der Waals surface area contributed by atoms with Crippen LogP contribution in [-0.4, -0.2) is 46.8 Å². The second-order valence-corrected chi connectivity index (χ2v) is 11.6. The highest BCUT2D eigenvalue weighted by molar-refractivity contribution is 5.40. The minimum absolute atomic E-state index is 0.104. The van der Waals surface area contributed by atoms with E-state index in [9.17, 15) is 10.2 Å². The molecule has 0 bridgehead atoms. The number of aliphatic hydroxyl groups is 3. The molecule has 0 saturated heterocycles. The summed E-state index contributed by atoms with van der Waals surface area (Å²) in [6.07, 6.45) is 12.7. The van der Waals surface area contributed by atoms with Crippen molar-refractivity contribution < 1.29 is 20.1 Å². The van der Waals surface area contributed by atoms with Crippen LogP contribution in [0.25, 0.3) is 0 Å². The van der Waals surface area contributed by atoms with Crippen LogP contribution >= 0.6 is 0 Å². The molecule has 3 fully saturated rings. The van der Waals surface area contributed by atoms with Crippen molar-refractivity contribution in [3.63, 3.8) is 0 Å². The minimum atomic E-state index is -0.941. The Morgan fingerprint density at radius 2 is 1.91 bits per heavy atom. The molecule has 7 atom stereocenters. The van der Waals surface area contributed by atoms with Gasteiger partial charge in [0.25, 0.3) is 0 Å². The zero-order chi connectivity index (χ0) is 24.2. The van der Waals surface area contributed by atoms with E-state index < -0.39 is 18.3 Å². The van der Waals surface area contributed by atoms with Crippen LogP contribution in [0.4, 0.5) is 0 Å². The van der Waals surface area contributed by atoms with Crippen molar-refractivity contribution in [1.82, 2.24) is 0 Å². The molecule has 0 aliphatic heterocycles. The predicted octanol–water partition coefficient (Wildman–Crippen LogP) is 5.58. The van der Waals surface area contributed by atoms with E-state index in [1.807, 2.05) is 0 Å². The van der Waals surface area contributed by atoms with E-state index in [-0.39, 0.29) is 13.2 Å². The van der Waals surface area contributed by atoms with E-state index in [0.29, 0.717) is 23.3 Å². The van der Waals surface area contributed by atoms with Crippen LogP contribution in [0.2, 0.25) is 0 Å². The summed E-state index contributed by atoms with van der Waals surface area (Å²) in [7, 11) is 0. The van der Waals surface area contributed by atoms with E-state index in [1.54, 1.807) is 5.57 Å². The Balaban J connectivity index is 1.70. The van der Waals surface area contributed by atoms with E-state index in [0.717, 1.165) is 29.7 Å². The first-order valence-electron chi connectivity index (χ1n) is 13.4. The van der Waals surface area contributed by atoms with Crippen molar-refractivity contribution in [3.8, 4) is 0 Å². The van der Waals surface area contributed by atoms with Crippen molar-refractivity contribution in [1.29, 1.82) is 0 Å². The summed E-state index contributed by atoms with van der Waals surface area (Å²) < 4.78 is 5.46. The number of allylic oxidation sites excluding steroid dienone is 3. The van der Waals surface area contributed by atoms with Crippen LogP contribution in [0.3, 0.4) is 0 Å². The van der Waals surface area contributed by atoms with E-state index in [4.69, 9.17) is 9.84 Å². The van der Waals surface area contributed by atoms with Gasteiger partial charge in [0.1, 0.15) is 12.2 Å². The lowest BCUT2D eigenvalue weighted by atomic mass is 9.60. The summed E-state index contributed by atoms with van der Waals surface area (Å²) in [5.41, 5.74) is 3.48. The highest BCUT2D eigenvalue weighted by atomic mass is 16.5. The van der Waals surface area contributed by atoms with Gasteiger partial charge in [0.2, 0.25) is 0 Å². The maximum Gasteiger partial charge on any atom is 0.114 e. The molecule has 0 radical (unpaired) electrons. The minimum Gasteiger partial charge on any atom is -0.394 e. The number of fused-ring (bicyclic) bond motifs is 1. The van der Waals surface area contributed by atoms with Crippen LogP contribution in [0, 0.1) is 29.1 Å². The van der Waals surface area contributed by atoms with E-state index in [2.05, 4.69) is 46.4 Å². The smallest absolute Gasteiger partial charge is 0.114 e. The Kier molecular flexibility index (Phi) is 9.42. The molecule has 0 aromatic carbocycles. The molecule has 0 amide bonds. The van der Waals surface area contributed by atoms with Crippen molar-refractivity contribution in [2.24, 2.45) is 29.1 Å². The SMILES string of the molecule is C=C1/C(=C\C=C2CCC[C@@]3(C)C2CC[C@@H]3[C@H](C)CCCC(C)C)C[C@@H](O)C(OCCO)[C@H]1O. The third-order valence-corrected chi connectivity index (χ3v) is 8.95. The first kappa shape index (κ1) is 26.7. The third kappa shape index (κ3) is 6.01. The summed E-state index contributed by atoms with van der Waals surface area (Å²) in [5, 5.41) is 30.1. The second-order valence-electron chi connectivity index (χ2n) is 11.6. The molecular weight excluding hydrogens is 412 g/mol. The zero-order valence-corrected chi connectivity index (χ0v) is 21.4. The van der Waals surface area contributed by atoms with Gasteiger partial charge in [0, 0.05) is 6.42 Å². The van der Waals surface area contributed by atoms with Crippen LogP contribution < -0.4 is 0 Å². The van der Waals surface area contributed by atoms with Gasteiger partial charge in [-0.3, -0.25) is 0 Å². The molecule has 33 heavy (non-hydrogen) atoms. The van der Waals surface area contributed by atoms with Crippen molar-refractivity contribution in [3.05, 3.63) is 35.5 Å². The summed E-state index contributed by atoms with van der Waals surface area (Å²) in [6.45, 7) is 13.7. The molecule has 3 N–H and O–H groups in total. The molecule has 0 aromatic rings. The van der Waals surface area contributed by atoms with Gasteiger partial charge in [-0.15, -0.1) is 0 Å². The van der Waals surface area contributed by atoms with Crippen molar-refractivity contribution >= 4 is 0 Å². The molecular formula is C29H48O4. The molecule has 0 heterocycles. The maximum atomic E-state index is 10.6. The number of ether oxygens (including phenoxy) is 1. The number of aliphatic hydroxyl groups excluding tert-OH is 3. The normalized spacial score (nSPS) is 38.3. The van der Waals surface area contributed by atoms with Gasteiger partial charge in [0.15, 0.2) is 0 Å². The standard InChI is InChI=1S/C29H48O4/c1-19(2)8-6-9-20(3)24-13-14-25-22(10-7-15-29(24,25)5)11-12-23-18-26(31)28(33-17-16-30)27(32)21(23)4/h11-12,19-20,24-28,30-32H,4,6-10,13-18H2,1-3,5H3/b22-11?,23-12-/t20-,24-,25?,26-,27+,28?,29-/m1/s1. The lowest BCUT2D eigenvalue weighted by Crippen LogP contribution is -2.45. The van der Waals surface area contributed by atoms with Crippen molar-refractivity contribution in [2.45, 2.75) is 104 Å². The Morgan fingerprint density at radius 3 is 2.61 bits per heavy atom. The van der Waals surface area contributed by atoms with Gasteiger partial charge in [-0.25, -0.2) is 0 Å². The average Bonchev–Trinajstić information content (AvgIpc) is 3.12. The number of hydrogen-bond donors (Lipinski definition) is 3. The summed E-state index contributed by atoms with van der Waals surface area (Å²) in [6, 6.07) is 0. The topological polar surface area (TPSA) is 69.9 Å². The van der Waals surface area contributed by atoms with E-state index in [1.165, 1.54) is 44.9 Å². The summed E-state index contributed by atoms with van der Waals surface area (Å²) in [4.78, 5) is 0. The lowest BCUT2D eigenvalue weighted by molar-refractivity contribution is -0.101. The largest absolute Gasteiger partial charge is 0.394 e. The summed E-state index contributed by atoms with van der Waals surface area (Å²) in [5.74, 6) is 3.04. The molecule has 4 heteroatoms. The highest BCUT2D eigenvalue weighted by Crippen LogP contribution is 2.60. The molecule has 3 aliphatic rings. The van der Waals surface area contributed by atoms with Gasteiger partial charge >= 0.3 is 0 Å².